The van der Waals surface area contributed by atoms with Crippen molar-refractivity contribution in [3.8, 4) is 0 Å². The Balaban J connectivity index is 2.06. The van der Waals surface area contributed by atoms with Gasteiger partial charge in [0.25, 0.3) is 0 Å². The van der Waals surface area contributed by atoms with E-state index in [4.69, 9.17) is 5.73 Å². The van der Waals surface area contributed by atoms with E-state index in [2.05, 4.69) is 10.3 Å². The van der Waals surface area contributed by atoms with E-state index in [0.717, 1.165) is 30.5 Å². The van der Waals surface area contributed by atoms with Crippen molar-refractivity contribution in [3.63, 3.8) is 0 Å². The molecule has 0 saturated carbocycles. The molecule has 0 radical (unpaired) electrons. The molecule has 0 aliphatic heterocycles. The average molecular weight is 235 g/mol. The Morgan fingerprint density at radius 2 is 2.35 bits per heavy atom. The molecule has 0 spiro atoms. The van der Waals surface area contributed by atoms with Gasteiger partial charge in [0.2, 0.25) is 11.5 Å². The SMILES string of the molecule is NC(=O)CCNC1CCCc2[nH]c(=O)ccc21. The lowest BCUT2D eigenvalue weighted by molar-refractivity contribution is -0.117. The van der Waals surface area contributed by atoms with Crippen LogP contribution in [0.1, 0.15) is 36.6 Å². The van der Waals surface area contributed by atoms with Crippen LogP contribution in [0.5, 0.6) is 0 Å². The zero-order valence-corrected chi connectivity index (χ0v) is 9.66. The number of H-pyrrole nitrogens is 1. The molecule has 1 unspecified atom stereocenters. The summed E-state index contributed by atoms with van der Waals surface area (Å²) in [6, 6.07) is 3.64. The van der Waals surface area contributed by atoms with Crippen LogP contribution in [-0.4, -0.2) is 17.4 Å². The van der Waals surface area contributed by atoms with Crippen LogP contribution in [0.2, 0.25) is 0 Å². The van der Waals surface area contributed by atoms with Gasteiger partial charge in [0, 0.05) is 30.8 Å². The highest BCUT2D eigenvalue weighted by Crippen LogP contribution is 2.27. The first-order valence-electron chi connectivity index (χ1n) is 5.90. The summed E-state index contributed by atoms with van der Waals surface area (Å²) in [5, 5.41) is 3.31. The lowest BCUT2D eigenvalue weighted by Crippen LogP contribution is -2.30. The number of pyridine rings is 1. The quantitative estimate of drug-likeness (QED) is 0.697. The largest absolute Gasteiger partial charge is 0.370 e. The van der Waals surface area contributed by atoms with Crippen LogP contribution in [0, 0.1) is 0 Å². The van der Waals surface area contributed by atoms with Gasteiger partial charge >= 0.3 is 0 Å². The molecule has 1 aromatic rings. The number of amides is 1. The Hall–Kier alpha value is -1.62. The predicted molar refractivity (Wildman–Crippen MR) is 64.6 cm³/mol. The third-order valence-electron chi connectivity index (χ3n) is 3.09. The topological polar surface area (TPSA) is 88.0 Å². The summed E-state index contributed by atoms with van der Waals surface area (Å²) in [5.74, 6) is -0.296. The lowest BCUT2D eigenvalue weighted by Gasteiger charge is -2.25. The molecule has 0 bridgehead atoms. The van der Waals surface area contributed by atoms with E-state index in [-0.39, 0.29) is 17.5 Å². The minimum Gasteiger partial charge on any atom is -0.370 e. The average Bonchev–Trinajstić information content (AvgIpc) is 2.28. The van der Waals surface area contributed by atoms with Crippen LogP contribution in [0.15, 0.2) is 16.9 Å². The van der Waals surface area contributed by atoms with Crippen molar-refractivity contribution in [1.29, 1.82) is 0 Å². The lowest BCUT2D eigenvalue weighted by atomic mass is 9.91. The number of nitrogens with one attached hydrogen (secondary N) is 2. The number of aromatic amines is 1. The molecule has 1 aromatic heterocycles. The number of nitrogens with two attached hydrogens (primary N) is 1. The first-order chi connectivity index (χ1) is 8.16. The number of carbonyl (C=O) groups excluding carboxylic acids is 1. The minimum absolute atomic E-state index is 0.0541. The van der Waals surface area contributed by atoms with Gasteiger partial charge in [-0.1, -0.05) is 6.07 Å². The van der Waals surface area contributed by atoms with E-state index in [0.29, 0.717) is 13.0 Å². The first kappa shape index (κ1) is 11.9. The van der Waals surface area contributed by atoms with Crippen molar-refractivity contribution in [2.24, 2.45) is 5.73 Å². The number of carbonyl (C=O) groups is 1. The number of hydrogen-bond donors (Lipinski definition) is 3. The molecule has 5 heteroatoms. The summed E-state index contributed by atoms with van der Waals surface area (Å²) in [4.78, 5) is 24.7. The molecule has 1 aliphatic rings. The van der Waals surface area contributed by atoms with E-state index < -0.39 is 0 Å². The zero-order valence-electron chi connectivity index (χ0n) is 9.66. The van der Waals surface area contributed by atoms with E-state index in [1.807, 2.05) is 6.07 Å². The molecule has 0 saturated heterocycles. The van der Waals surface area contributed by atoms with Gasteiger partial charge in [0.05, 0.1) is 0 Å². The Labute approximate surface area is 99.4 Å². The Morgan fingerprint density at radius 1 is 1.53 bits per heavy atom. The summed E-state index contributed by atoms with van der Waals surface area (Å²) in [6.45, 7) is 0.582. The number of rotatable bonds is 4. The number of aryl methyl sites for hydroxylation is 1. The van der Waals surface area contributed by atoms with Gasteiger partial charge in [-0.25, -0.2) is 0 Å². The summed E-state index contributed by atoms with van der Waals surface area (Å²) >= 11 is 0. The number of primary amides is 1. The van der Waals surface area contributed by atoms with Gasteiger partial charge in [0.1, 0.15) is 0 Å². The highest BCUT2D eigenvalue weighted by Gasteiger charge is 2.20. The molecule has 92 valence electrons. The van der Waals surface area contributed by atoms with E-state index in [1.165, 1.54) is 0 Å². The molecular weight excluding hydrogens is 218 g/mol. The van der Waals surface area contributed by atoms with Crippen molar-refractivity contribution >= 4 is 5.91 Å². The maximum Gasteiger partial charge on any atom is 0.248 e. The molecule has 1 atom stereocenters. The van der Waals surface area contributed by atoms with Crippen LogP contribution in [0.3, 0.4) is 0 Å². The fraction of sp³-hybridized carbons (Fsp3) is 0.500. The molecule has 17 heavy (non-hydrogen) atoms. The van der Waals surface area contributed by atoms with Crippen molar-refractivity contribution < 1.29 is 4.79 Å². The molecule has 5 nitrogen and oxygen atoms in total. The van der Waals surface area contributed by atoms with Crippen LogP contribution >= 0.6 is 0 Å². The van der Waals surface area contributed by atoms with Gasteiger partial charge in [-0.3, -0.25) is 9.59 Å². The molecule has 0 aromatic carbocycles. The third kappa shape index (κ3) is 2.94. The first-order valence-corrected chi connectivity index (χ1v) is 5.90. The Kier molecular flexibility index (Phi) is 3.58. The van der Waals surface area contributed by atoms with Crippen molar-refractivity contribution in [3.05, 3.63) is 33.7 Å². The zero-order chi connectivity index (χ0) is 12.3. The van der Waals surface area contributed by atoms with Gasteiger partial charge in [-0.2, -0.15) is 0 Å². The molecule has 1 heterocycles. The monoisotopic (exact) mass is 235 g/mol. The summed E-state index contributed by atoms with van der Waals surface area (Å²) in [5.41, 5.74) is 7.20. The van der Waals surface area contributed by atoms with Crippen LogP contribution in [0.4, 0.5) is 0 Å². The fourth-order valence-corrected chi connectivity index (χ4v) is 2.28. The second-order valence-electron chi connectivity index (χ2n) is 4.37. The number of hydrogen-bond acceptors (Lipinski definition) is 3. The fourth-order valence-electron chi connectivity index (χ4n) is 2.28. The molecule has 4 N–H and O–H groups in total. The van der Waals surface area contributed by atoms with Gasteiger partial charge in [0.15, 0.2) is 0 Å². The second-order valence-corrected chi connectivity index (χ2v) is 4.37. The number of aromatic nitrogens is 1. The normalized spacial score (nSPS) is 18.7. The van der Waals surface area contributed by atoms with Gasteiger partial charge in [-0.15, -0.1) is 0 Å². The van der Waals surface area contributed by atoms with E-state index in [1.54, 1.807) is 6.07 Å². The Bertz CT molecular complexity index is 467. The Morgan fingerprint density at radius 3 is 3.12 bits per heavy atom. The maximum absolute atomic E-state index is 11.2. The van der Waals surface area contributed by atoms with Gasteiger partial charge in [-0.05, 0) is 24.8 Å². The number of fused-ring (bicyclic) bond motifs is 1. The van der Waals surface area contributed by atoms with Crippen LogP contribution in [0.25, 0.3) is 0 Å². The highest BCUT2D eigenvalue weighted by molar-refractivity contribution is 5.73. The highest BCUT2D eigenvalue weighted by atomic mass is 16.1. The molecular formula is C12H17N3O2. The molecule has 0 fully saturated rings. The van der Waals surface area contributed by atoms with Crippen molar-refractivity contribution in [1.82, 2.24) is 10.3 Å². The van der Waals surface area contributed by atoms with E-state index in [9.17, 15) is 9.59 Å². The van der Waals surface area contributed by atoms with Gasteiger partial charge < -0.3 is 16.0 Å². The standard InChI is InChI=1S/C12H17N3O2/c13-11(16)6-7-14-9-2-1-3-10-8(9)4-5-12(17)15-10/h4-5,9,14H,1-3,6-7H2,(H2,13,16)(H,15,17). The predicted octanol–water partition coefficient (Wildman–Crippen LogP) is 0.217. The molecule has 2 rings (SSSR count). The molecule has 1 aliphatic carbocycles. The third-order valence-corrected chi connectivity index (χ3v) is 3.09. The van der Waals surface area contributed by atoms with Crippen LogP contribution in [-0.2, 0) is 11.2 Å². The van der Waals surface area contributed by atoms with Crippen molar-refractivity contribution in [2.45, 2.75) is 31.7 Å². The summed E-state index contributed by atoms with van der Waals surface area (Å²) < 4.78 is 0. The second kappa shape index (κ2) is 5.14. The van der Waals surface area contributed by atoms with Crippen molar-refractivity contribution in [2.75, 3.05) is 6.54 Å². The summed E-state index contributed by atoms with van der Waals surface area (Å²) in [6.07, 6.45) is 3.33. The smallest absolute Gasteiger partial charge is 0.248 e. The molecule has 1 amide bonds. The van der Waals surface area contributed by atoms with Crippen LogP contribution < -0.4 is 16.6 Å². The van der Waals surface area contributed by atoms with E-state index >= 15 is 0 Å². The maximum atomic E-state index is 11.2. The minimum atomic E-state index is -0.296. The summed E-state index contributed by atoms with van der Waals surface area (Å²) in [7, 11) is 0.